The van der Waals surface area contributed by atoms with Crippen molar-refractivity contribution in [2.24, 2.45) is 5.73 Å². The maximum Gasteiger partial charge on any atom is 0.335 e. The van der Waals surface area contributed by atoms with Crippen LogP contribution in [0.15, 0.2) is 35.0 Å². The summed E-state index contributed by atoms with van der Waals surface area (Å²) in [6, 6.07) is 6.09. The number of hydrogen-bond donors (Lipinski definition) is 3. The number of aromatic nitrogens is 2. The summed E-state index contributed by atoms with van der Waals surface area (Å²) in [5.74, 6) is -0.996. The van der Waals surface area contributed by atoms with Crippen LogP contribution in [-0.2, 0) is 4.79 Å². The highest BCUT2D eigenvalue weighted by atomic mass is 16.5. The van der Waals surface area contributed by atoms with E-state index < -0.39 is 5.97 Å². The molecule has 0 aliphatic rings. The molecule has 0 saturated heterocycles. The van der Waals surface area contributed by atoms with E-state index in [1.807, 2.05) is 0 Å². The number of benzene rings is 1. The van der Waals surface area contributed by atoms with Crippen molar-refractivity contribution in [2.45, 2.75) is 12.8 Å². The smallest absolute Gasteiger partial charge is 0.335 e. The minimum atomic E-state index is -1.00. The van der Waals surface area contributed by atoms with Gasteiger partial charge in [0.25, 0.3) is 6.20 Å². The molecule has 1 heterocycles. The first-order valence-corrected chi connectivity index (χ1v) is 6.32. The van der Waals surface area contributed by atoms with E-state index in [2.05, 4.69) is 10.6 Å². The molecular weight excluding hydrogens is 276 g/mol. The average molecular weight is 291 g/mol. The second-order valence-corrected chi connectivity index (χ2v) is 4.30. The van der Waals surface area contributed by atoms with Crippen molar-refractivity contribution in [3.63, 3.8) is 0 Å². The van der Waals surface area contributed by atoms with Crippen molar-refractivity contribution < 1.29 is 23.9 Å². The van der Waals surface area contributed by atoms with Crippen LogP contribution in [0.4, 0.5) is 5.88 Å². The summed E-state index contributed by atoms with van der Waals surface area (Å²) in [5.41, 5.74) is 6.12. The fourth-order valence-electron chi connectivity index (χ4n) is 1.64. The van der Waals surface area contributed by atoms with Crippen LogP contribution in [0.1, 0.15) is 23.2 Å². The van der Waals surface area contributed by atoms with Gasteiger partial charge in [0.2, 0.25) is 16.9 Å². The Kier molecular flexibility index (Phi) is 4.62. The standard InChI is InChI=1S/C13H14N4O4/c14-7-1-2-11(18)15-12-8-17(16-21-12)10-5-3-9(4-6-10)13(19)20/h3-6,8H,1-2,7,14H2,(H-,15,16,18,19,20)/p+1. The fourth-order valence-corrected chi connectivity index (χ4v) is 1.64. The predicted molar refractivity (Wildman–Crippen MR) is 71.9 cm³/mol. The molecule has 0 aliphatic carbocycles. The summed E-state index contributed by atoms with van der Waals surface area (Å²) in [5, 5.41) is 15.1. The van der Waals surface area contributed by atoms with Gasteiger partial charge in [0.1, 0.15) is 0 Å². The normalized spacial score (nSPS) is 10.3. The summed E-state index contributed by atoms with van der Waals surface area (Å²) in [6.45, 7) is 0.444. The van der Waals surface area contributed by atoms with Gasteiger partial charge in [-0.1, -0.05) is 0 Å². The lowest BCUT2D eigenvalue weighted by atomic mass is 10.2. The number of carbonyl (C=O) groups excluding carboxylic acids is 1. The molecule has 0 aliphatic heterocycles. The first-order chi connectivity index (χ1) is 10.1. The number of carbonyl (C=O) groups is 2. The zero-order chi connectivity index (χ0) is 15.2. The minimum Gasteiger partial charge on any atom is -0.478 e. The van der Waals surface area contributed by atoms with Crippen LogP contribution in [0.5, 0.6) is 0 Å². The van der Waals surface area contributed by atoms with Crippen LogP contribution in [-0.4, -0.2) is 28.8 Å². The maximum absolute atomic E-state index is 11.5. The van der Waals surface area contributed by atoms with Gasteiger partial charge in [-0.15, -0.1) is 0 Å². The van der Waals surface area contributed by atoms with E-state index in [-0.39, 0.29) is 17.4 Å². The molecule has 1 amide bonds. The van der Waals surface area contributed by atoms with Crippen molar-refractivity contribution >= 4 is 17.8 Å². The number of carboxylic acid groups (broad SMARTS) is 1. The van der Waals surface area contributed by atoms with Crippen molar-refractivity contribution in [3.8, 4) is 5.69 Å². The third-order valence-corrected chi connectivity index (χ3v) is 2.72. The molecule has 0 atom stereocenters. The van der Waals surface area contributed by atoms with Gasteiger partial charge in [0.15, 0.2) is 0 Å². The molecule has 1 aromatic carbocycles. The van der Waals surface area contributed by atoms with Gasteiger partial charge >= 0.3 is 11.9 Å². The number of rotatable bonds is 6. The number of nitrogens with zero attached hydrogens (tertiary/aromatic N) is 2. The minimum absolute atomic E-state index is 0.179. The Morgan fingerprint density at radius 1 is 1.33 bits per heavy atom. The van der Waals surface area contributed by atoms with Gasteiger partial charge in [0.05, 0.1) is 5.56 Å². The van der Waals surface area contributed by atoms with Crippen molar-refractivity contribution in [1.82, 2.24) is 5.27 Å². The van der Waals surface area contributed by atoms with Crippen molar-refractivity contribution in [3.05, 3.63) is 36.0 Å². The molecular formula is C13H15N4O4+. The average Bonchev–Trinajstić information content (AvgIpc) is 2.93. The first kappa shape index (κ1) is 14.7. The molecule has 110 valence electrons. The lowest BCUT2D eigenvalue weighted by molar-refractivity contribution is -0.670. The Bertz CT molecular complexity index is 636. The number of aromatic carboxylic acids is 1. The molecule has 21 heavy (non-hydrogen) atoms. The summed E-state index contributed by atoms with van der Waals surface area (Å²) in [4.78, 5) is 22.3. The van der Waals surface area contributed by atoms with Gasteiger partial charge in [-0.05, 0) is 29.8 Å². The zero-order valence-corrected chi connectivity index (χ0v) is 11.2. The van der Waals surface area contributed by atoms with E-state index in [1.165, 1.54) is 23.0 Å². The number of nitrogens with two attached hydrogens (primary N) is 1. The lowest BCUT2D eigenvalue weighted by Gasteiger charge is -1.96. The lowest BCUT2D eigenvalue weighted by Crippen LogP contribution is -2.31. The third kappa shape index (κ3) is 3.86. The van der Waals surface area contributed by atoms with Crippen molar-refractivity contribution in [2.75, 3.05) is 11.9 Å². The topological polar surface area (TPSA) is 122 Å². The maximum atomic E-state index is 11.5. The van der Waals surface area contributed by atoms with Crippen LogP contribution in [0, 0.1) is 0 Å². The number of hydrogen-bond acceptors (Lipinski definition) is 5. The Morgan fingerprint density at radius 2 is 2.05 bits per heavy atom. The van der Waals surface area contributed by atoms with Crippen LogP contribution in [0.25, 0.3) is 5.69 Å². The van der Waals surface area contributed by atoms with E-state index in [0.717, 1.165) is 0 Å². The van der Waals surface area contributed by atoms with Gasteiger partial charge in [-0.25, -0.2) is 4.79 Å². The number of carboxylic acids is 1. The Labute approximate surface area is 120 Å². The van der Waals surface area contributed by atoms with Gasteiger partial charge in [0, 0.05) is 18.6 Å². The molecule has 0 spiro atoms. The predicted octanol–water partition coefficient (Wildman–Crippen LogP) is 0.327. The van der Waals surface area contributed by atoms with Gasteiger partial charge < -0.3 is 10.8 Å². The third-order valence-electron chi connectivity index (χ3n) is 2.72. The highest BCUT2D eigenvalue weighted by Gasteiger charge is 2.17. The van der Waals surface area contributed by atoms with E-state index in [0.29, 0.717) is 25.1 Å². The molecule has 0 saturated carbocycles. The number of nitrogens with one attached hydrogen (secondary N) is 1. The van der Waals surface area contributed by atoms with Crippen LogP contribution in [0.2, 0.25) is 0 Å². The second kappa shape index (κ2) is 6.62. The highest BCUT2D eigenvalue weighted by Crippen LogP contribution is 2.07. The fraction of sp³-hybridized carbons (Fsp3) is 0.231. The molecule has 1 aromatic heterocycles. The molecule has 0 unspecified atom stereocenters. The van der Waals surface area contributed by atoms with Crippen LogP contribution >= 0.6 is 0 Å². The number of amides is 1. The second-order valence-electron chi connectivity index (χ2n) is 4.30. The highest BCUT2D eigenvalue weighted by molar-refractivity contribution is 5.89. The van der Waals surface area contributed by atoms with E-state index in [4.69, 9.17) is 15.4 Å². The Hall–Kier alpha value is -2.74. The number of anilines is 1. The first-order valence-electron chi connectivity index (χ1n) is 6.32. The SMILES string of the molecule is NCCCC(=O)Nc1c[n+](-c2ccc(C(=O)O)cc2)no1. The van der Waals surface area contributed by atoms with Crippen LogP contribution in [0.3, 0.4) is 0 Å². The Morgan fingerprint density at radius 3 is 2.67 bits per heavy atom. The molecule has 0 radical (unpaired) electrons. The summed E-state index contributed by atoms with van der Waals surface area (Å²) < 4.78 is 6.37. The summed E-state index contributed by atoms with van der Waals surface area (Å²) in [6.07, 6.45) is 2.40. The molecule has 2 rings (SSSR count). The summed E-state index contributed by atoms with van der Waals surface area (Å²) >= 11 is 0. The molecule has 2 aromatic rings. The van der Waals surface area contributed by atoms with Gasteiger partial charge in [-0.3, -0.25) is 14.6 Å². The molecule has 0 bridgehead atoms. The monoisotopic (exact) mass is 291 g/mol. The molecule has 8 heteroatoms. The molecule has 4 N–H and O–H groups in total. The van der Waals surface area contributed by atoms with E-state index in [1.54, 1.807) is 12.1 Å². The van der Waals surface area contributed by atoms with E-state index >= 15 is 0 Å². The van der Waals surface area contributed by atoms with Crippen LogP contribution < -0.4 is 15.7 Å². The largest absolute Gasteiger partial charge is 0.478 e. The Balaban J connectivity index is 2.05. The van der Waals surface area contributed by atoms with Crippen molar-refractivity contribution in [1.29, 1.82) is 0 Å². The quantitative estimate of drug-likeness (QED) is 0.659. The van der Waals surface area contributed by atoms with Gasteiger partial charge in [-0.2, -0.15) is 0 Å². The van der Waals surface area contributed by atoms with E-state index in [9.17, 15) is 9.59 Å². The zero-order valence-electron chi connectivity index (χ0n) is 11.2. The summed E-state index contributed by atoms with van der Waals surface area (Å²) in [7, 11) is 0. The molecule has 8 nitrogen and oxygen atoms in total. The molecule has 0 fully saturated rings.